The number of hydrogen-bond donors (Lipinski definition) is 1. The first-order valence-electron chi connectivity index (χ1n) is 8.66. The molecular weight excluding hydrogens is 428 g/mol. The highest BCUT2D eigenvalue weighted by Gasteiger charge is 2.21. The Labute approximate surface area is 178 Å². The summed E-state index contributed by atoms with van der Waals surface area (Å²) in [6.45, 7) is 1.52. The van der Waals surface area contributed by atoms with E-state index in [1.165, 1.54) is 28.7 Å². The van der Waals surface area contributed by atoms with E-state index in [2.05, 4.69) is 15.5 Å². The van der Waals surface area contributed by atoms with Crippen LogP contribution in [0.15, 0.2) is 58.9 Å². The van der Waals surface area contributed by atoms with Crippen molar-refractivity contribution in [3.8, 4) is 0 Å². The summed E-state index contributed by atoms with van der Waals surface area (Å²) in [5.41, 5.74) is 2.51. The topological polar surface area (TPSA) is 92.3 Å². The lowest BCUT2D eigenvalue weighted by molar-refractivity contribution is -0.114. The zero-order valence-electron chi connectivity index (χ0n) is 15.9. The fourth-order valence-electron chi connectivity index (χ4n) is 2.51. The summed E-state index contributed by atoms with van der Waals surface area (Å²) in [5.74, 6) is 0.270. The number of nitrogens with one attached hydrogen (secondary N) is 1. The summed E-state index contributed by atoms with van der Waals surface area (Å²) in [6, 6.07) is 17.0. The molecule has 1 N–H and O–H groups in total. The average molecular weight is 449 g/mol. The number of aromatic nitrogens is 2. The number of benzene rings is 2. The fourth-order valence-corrected chi connectivity index (χ4v) is 5.08. The predicted molar refractivity (Wildman–Crippen MR) is 118 cm³/mol. The number of hydrogen-bond acceptors (Lipinski definition) is 7. The normalized spacial score (nSPS) is 11.2. The average Bonchev–Trinajstić information content (AvgIpc) is 3.11. The molecule has 3 rings (SSSR count). The monoisotopic (exact) mass is 448 g/mol. The second kappa shape index (κ2) is 9.38. The molecule has 10 heteroatoms. The van der Waals surface area contributed by atoms with E-state index in [9.17, 15) is 13.2 Å². The Kier molecular flexibility index (Phi) is 6.88. The van der Waals surface area contributed by atoms with Crippen molar-refractivity contribution in [2.24, 2.45) is 0 Å². The summed E-state index contributed by atoms with van der Waals surface area (Å²) in [4.78, 5) is 12.4. The molecule has 3 aromatic rings. The van der Waals surface area contributed by atoms with Gasteiger partial charge in [-0.05, 0) is 30.2 Å². The molecule has 0 radical (unpaired) electrons. The molecule has 1 heterocycles. The maximum atomic E-state index is 12.4. The van der Waals surface area contributed by atoms with Gasteiger partial charge in [0.25, 0.3) is 0 Å². The van der Waals surface area contributed by atoms with Crippen molar-refractivity contribution in [2.75, 3.05) is 22.4 Å². The Morgan fingerprint density at radius 3 is 2.59 bits per heavy atom. The maximum absolute atomic E-state index is 12.4. The van der Waals surface area contributed by atoms with E-state index in [1.807, 2.05) is 43.3 Å². The van der Waals surface area contributed by atoms with Gasteiger partial charge in [-0.1, -0.05) is 65.6 Å². The Morgan fingerprint density at radius 2 is 1.90 bits per heavy atom. The third kappa shape index (κ3) is 6.28. The van der Waals surface area contributed by atoms with Crippen LogP contribution in [0.5, 0.6) is 0 Å². The minimum absolute atomic E-state index is 0.336. The van der Waals surface area contributed by atoms with E-state index in [0.29, 0.717) is 10.8 Å². The maximum Gasteiger partial charge on any atom is 0.246 e. The second-order valence-corrected chi connectivity index (χ2v) is 10.4. The van der Waals surface area contributed by atoms with Crippen LogP contribution in [0.2, 0.25) is 0 Å². The molecule has 0 atom stereocenters. The van der Waals surface area contributed by atoms with Gasteiger partial charge in [0, 0.05) is 5.75 Å². The van der Waals surface area contributed by atoms with Gasteiger partial charge in [-0.2, -0.15) is 0 Å². The molecular formula is C19H20N4O3S3. The standard InChI is InChI=1S/C19H20N4O3S3/c1-14-7-6-10-16(11-14)23(29(2,25)26)12-17(24)20-18-21-22-19(28-18)27-13-15-8-4-3-5-9-15/h3-11H,12-13H2,1-2H3,(H,20,21,24). The quantitative estimate of drug-likeness (QED) is 0.419. The Balaban J connectivity index is 1.62. The van der Waals surface area contributed by atoms with E-state index in [4.69, 9.17) is 0 Å². The zero-order chi connectivity index (χ0) is 20.9. The first-order chi connectivity index (χ1) is 13.8. The molecule has 0 saturated heterocycles. The molecule has 2 aromatic carbocycles. The highest BCUT2D eigenvalue weighted by Crippen LogP contribution is 2.28. The molecule has 0 spiro atoms. The lowest BCUT2D eigenvalue weighted by atomic mass is 10.2. The number of aryl methyl sites for hydroxylation is 1. The van der Waals surface area contributed by atoms with Crippen LogP contribution in [0.25, 0.3) is 0 Å². The molecule has 0 fully saturated rings. The Hall–Kier alpha value is -2.43. The van der Waals surface area contributed by atoms with E-state index in [-0.39, 0.29) is 6.54 Å². The molecule has 0 aliphatic rings. The predicted octanol–water partition coefficient (Wildman–Crippen LogP) is 3.54. The van der Waals surface area contributed by atoms with Crippen LogP contribution in [0, 0.1) is 6.92 Å². The summed E-state index contributed by atoms with van der Waals surface area (Å²) >= 11 is 2.78. The second-order valence-electron chi connectivity index (χ2n) is 6.30. The van der Waals surface area contributed by atoms with Crippen LogP contribution in [0.3, 0.4) is 0 Å². The SMILES string of the molecule is Cc1cccc(N(CC(=O)Nc2nnc(SCc3ccccc3)s2)S(C)(=O)=O)c1. The van der Waals surface area contributed by atoms with Crippen LogP contribution in [0.1, 0.15) is 11.1 Å². The summed E-state index contributed by atoms with van der Waals surface area (Å²) in [7, 11) is -3.62. The van der Waals surface area contributed by atoms with E-state index >= 15 is 0 Å². The zero-order valence-corrected chi connectivity index (χ0v) is 18.4. The number of rotatable bonds is 8. The van der Waals surface area contributed by atoms with Gasteiger partial charge in [-0.25, -0.2) is 8.42 Å². The number of carbonyl (C=O) groups is 1. The van der Waals surface area contributed by atoms with E-state index < -0.39 is 15.9 Å². The molecule has 0 bridgehead atoms. The molecule has 0 saturated carbocycles. The van der Waals surface area contributed by atoms with Gasteiger partial charge in [-0.3, -0.25) is 14.4 Å². The van der Waals surface area contributed by atoms with Crippen molar-refractivity contribution >= 4 is 49.8 Å². The summed E-state index contributed by atoms with van der Waals surface area (Å²) in [5, 5.41) is 11.0. The van der Waals surface area contributed by atoms with Crippen LogP contribution >= 0.6 is 23.1 Å². The third-order valence-corrected chi connectivity index (χ3v) is 7.02. The third-order valence-electron chi connectivity index (χ3n) is 3.84. The highest BCUT2D eigenvalue weighted by molar-refractivity contribution is 8.00. The summed E-state index contributed by atoms with van der Waals surface area (Å²) < 4.78 is 26.1. The lowest BCUT2D eigenvalue weighted by Crippen LogP contribution is -2.37. The molecule has 0 aliphatic carbocycles. The number of thioether (sulfide) groups is 1. The minimum atomic E-state index is -3.62. The minimum Gasteiger partial charge on any atom is -0.299 e. The molecule has 29 heavy (non-hydrogen) atoms. The first kappa shape index (κ1) is 21.3. The first-order valence-corrected chi connectivity index (χ1v) is 12.3. The lowest BCUT2D eigenvalue weighted by Gasteiger charge is -2.21. The molecule has 7 nitrogen and oxygen atoms in total. The van der Waals surface area contributed by atoms with Gasteiger partial charge in [0.1, 0.15) is 6.54 Å². The molecule has 0 aliphatic heterocycles. The van der Waals surface area contributed by atoms with E-state index in [1.54, 1.807) is 18.2 Å². The van der Waals surface area contributed by atoms with Gasteiger partial charge in [0.2, 0.25) is 21.1 Å². The van der Waals surface area contributed by atoms with Crippen LogP contribution < -0.4 is 9.62 Å². The number of amides is 1. The van der Waals surface area contributed by atoms with Crippen molar-refractivity contribution in [1.82, 2.24) is 10.2 Å². The molecule has 0 unspecified atom stereocenters. The van der Waals surface area contributed by atoms with E-state index in [0.717, 1.165) is 26.2 Å². The summed E-state index contributed by atoms with van der Waals surface area (Å²) in [6.07, 6.45) is 1.08. The van der Waals surface area contributed by atoms with Gasteiger partial charge in [-0.15, -0.1) is 10.2 Å². The van der Waals surface area contributed by atoms with Crippen molar-refractivity contribution in [1.29, 1.82) is 0 Å². The Bertz CT molecular complexity index is 1080. The van der Waals surface area contributed by atoms with Crippen LogP contribution in [-0.4, -0.2) is 37.3 Å². The van der Waals surface area contributed by atoms with Gasteiger partial charge < -0.3 is 0 Å². The number of anilines is 2. The van der Waals surface area contributed by atoms with Crippen LogP contribution in [-0.2, 0) is 20.6 Å². The molecule has 1 aromatic heterocycles. The van der Waals surface area contributed by atoms with Gasteiger partial charge in [0.05, 0.1) is 11.9 Å². The van der Waals surface area contributed by atoms with Gasteiger partial charge >= 0.3 is 0 Å². The van der Waals surface area contributed by atoms with Crippen molar-refractivity contribution < 1.29 is 13.2 Å². The number of carbonyl (C=O) groups excluding carboxylic acids is 1. The van der Waals surface area contributed by atoms with Crippen molar-refractivity contribution in [2.45, 2.75) is 17.0 Å². The Morgan fingerprint density at radius 1 is 1.14 bits per heavy atom. The fraction of sp³-hybridized carbons (Fsp3) is 0.211. The highest BCUT2D eigenvalue weighted by atomic mass is 32.2. The number of sulfonamides is 1. The molecule has 152 valence electrons. The smallest absolute Gasteiger partial charge is 0.246 e. The molecule has 1 amide bonds. The van der Waals surface area contributed by atoms with Crippen LogP contribution in [0.4, 0.5) is 10.8 Å². The largest absolute Gasteiger partial charge is 0.299 e. The van der Waals surface area contributed by atoms with Gasteiger partial charge in [0.15, 0.2) is 4.34 Å². The van der Waals surface area contributed by atoms with Crippen molar-refractivity contribution in [3.63, 3.8) is 0 Å². The van der Waals surface area contributed by atoms with Crippen molar-refractivity contribution in [3.05, 3.63) is 65.7 Å². The number of nitrogens with zero attached hydrogens (tertiary/aromatic N) is 3.